The van der Waals surface area contributed by atoms with Gasteiger partial charge in [0.25, 0.3) is 5.91 Å². The number of para-hydroxylation sites is 1. The Bertz CT molecular complexity index is 1530. The van der Waals surface area contributed by atoms with Gasteiger partial charge < -0.3 is 15.5 Å². The molecule has 1 amide bonds. The van der Waals surface area contributed by atoms with Gasteiger partial charge in [-0.3, -0.25) is 9.78 Å². The van der Waals surface area contributed by atoms with E-state index < -0.39 is 0 Å². The molecule has 5 heteroatoms. The van der Waals surface area contributed by atoms with Gasteiger partial charge in [-0.2, -0.15) is 0 Å². The number of aryl methyl sites for hydroxylation is 1. The molecule has 0 atom stereocenters. The fraction of sp³-hybridized carbons (Fsp3) is 0.161. The van der Waals surface area contributed by atoms with Gasteiger partial charge in [0.1, 0.15) is 0 Å². The van der Waals surface area contributed by atoms with Crippen molar-refractivity contribution in [3.05, 3.63) is 114 Å². The summed E-state index contributed by atoms with van der Waals surface area (Å²) >= 11 is 0. The van der Waals surface area contributed by atoms with Crippen molar-refractivity contribution in [2.75, 3.05) is 25.5 Å². The lowest BCUT2D eigenvalue weighted by atomic mass is 10.1. The summed E-state index contributed by atoms with van der Waals surface area (Å²) in [6.45, 7) is 4.16. The third-order valence-electron chi connectivity index (χ3n) is 6.29. The number of nitrogens with zero attached hydrogens (tertiary/aromatic N) is 2. The van der Waals surface area contributed by atoms with Crippen molar-refractivity contribution in [2.45, 2.75) is 13.5 Å². The quantitative estimate of drug-likeness (QED) is 0.277. The number of hydrogen-bond donors (Lipinski definition) is 2. The van der Waals surface area contributed by atoms with Crippen LogP contribution in [0.15, 0.2) is 97.1 Å². The van der Waals surface area contributed by atoms with E-state index >= 15 is 0 Å². The van der Waals surface area contributed by atoms with Crippen molar-refractivity contribution in [1.29, 1.82) is 0 Å². The van der Waals surface area contributed by atoms with Crippen LogP contribution in [0.25, 0.3) is 21.7 Å². The smallest absolute Gasteiger partial charge is 0.251 e. The van der Waals surface area contributed by atoms with Crippen molar-refractivity contribution < 1.29 is 4.79 Å². The Hall–Kier alpha value is -4.22. The summed E-state index contributed by atoms with van der Waals surface area (Å²) in [5.41, 5.74) is 5.63. The predicted molar refractivity (Wildman–Crippen MR) is 149 cm³/mol. The number of carbonyl (C=O) groups is 1. The maximum atomic E-state index is 12.8. The van der Waals surface area contributed by atoms with Crippen LogP contribution in [-0.2, 0) is 6.54 Å². The minimum atomic E-state index is -0.0754. The molecule has 0 aliphatic rings. The fourth-order valence-electron chi connectivity index (χ4n) is 4.50. The van der Waals surface area contributed by atoms with Gasteiger partial charge in [0.05, 0.1) is 5.52 Å². The van der Waals surface area contributed by atoms with Crippen LogP contribution in [0.1, 0.15) is 21.6 Å². The molecule has 0 spiro atoms. The van der Waals surface area contributed by atoms with Crippen LogP contribution in [0.5, 0.6) is 0 Å². The molecule has 5 rings (SSSR count). The van der Waals surface area contributed by atoms with Crippen molar-refractivity contribution in [2.24, 2.45) is 0 Å². The van der Waals surface area contributed by atoms with Gasteiger partial charge in [-0.05, 0) is 66.7 Å². The molecule has 0 aliphatic carbocycles. The van der Waals surface area contributed by atoms with Crippen LogP contribution in [0.2, 0.25) is 0 Å². The molecular formula is C31H30N4O. The van der Waals surface area contributed by atoms with Gasteiger partial charge >= 0.3 is 0 Å². The monoisotopic (exact) mass is 474 g/mol. The van der Waals surface area contributed by atoms with Crippen molar-refractivity contribution in [3.8, 4) is 0 Å². The second-order valence-electron chi connectivity index (χ2n) is 9.21. The number of rotatable bonds is 8. The first-order chi connectivity index (χ1) is 17.5. The second-order valence-corrected chi connectivity index (χ2v) is 9.21. The van der Waals surface area contributed by atoms with E-state index in [0.717, 1.165) is 41.1 Å². The number of hydrogen-bond acceptors (Lipinski definition) is 4. The van der Waals surface area contributed by atoms with E-state index in [2.05, 4.69) is 76.1 Å². The van der Waals surface area contributed by atoms with Crippen molar-refractivity contribution in [3.63, 3.8) is 0 Å². The lowest BCUT2D eigenvalue weighted by molar-refractivity contribution is 0.0949. The minimum Gasteiger partial charge on any atom is -0.355 e. The fourth-order valence-corrected chi connectivity index (χ4v) is 4.50. The van der Waals surface area contributed by atoms with Gasteiger partial charge in [0.15, 0.2) is 0 Å². The summed E-state index contributed by atoms with van der Waals surface area (Å²) in [5, 5.41) is 10.1. The number of carbonyl (C=O) groups excluding carboxylic acids is 1. The van der Waals surface area contributed by atoms with Gasteiger partial charge in [-0.15, -0.1) is 0 Å². The Kier molecular flexibility index (Phi) is 6.92. The molecule has 4 aromatic carbocycles. The zero-order chi connectivity index (χ0) is 24.9. The molecule has 2 N–H and O–H groups in total. The number of aromatic nitrogens is 1. The molecule has 1 aromatic heterocycles. The van der Waals surface area contributed by atoms with Crippen LogP contribution >= 0.6 is 0 Å². The van der Waals surface area contributed by atoms with E-state index in [4.69, 9.17) is 0 Å². The van der Waals surface area contributed by atoms with Crippen LogP contribution in [0, 0.1) is 6.92 Å². The first-order valence-electron chi connectivity index (χ1n) is 12.2. The molecule has 0 bridgehead atoms. The molecule has 0 aliphatic heterocycles. The van der Waals surface area contributed by atoms with E-state index in [1.807, 2.05) is 55.5 Å². The number of pyridine rings is 1. The second kappa shape index (κ2) is 10.6. The lowest BCUT2D eigenvalue weighted by Crippen LogP contribution is -2.32. The van der Waals surface area contributed by atoms with Crippen molar-refractivity contribution >= 4 is 39.0 Å². The van der Waals surface area contributed by atoms with Gasteiger partial charge in [0, 0.05) is 47.7 Å². The average molecular weight is 475 g/mol. The number of anilines is 2. The first kappa shape index (κ1) is 23.5. The molecule has 0 unspecified atom stereocenters. The Labute approximate surface area is 211 Å². The number of benzene rings is 4. The van der Waals surface area contributed by atoms with Gasteiger partial charge in [-0.25, -0.2) is 0 Å². The minimum absolute atomic E-state index is 0.0754. The summed E-state index contributed by atoms with van der Waals surface area (Å²) in [6.07, 6.45) is 0. The summed E-state index contributed by atoms with van der Waals surface area (Å²) in [4.78, 5) is 19.7. The Balaban J connectivity index is 1.18. The zero-order valence-corrected chi connectivity index (χ0v) is 20.7. The summed E-state index contributed by atoms with van der Waals surface area (Å²) in [7, 11) is 2.08. The normalized spacial score (nSPS) is 11.2. The van der Waals surface area contributed by atoms with Crippen LogP contribution in [-0.4, -0.2) is 35.9 Å². The van der Waals surface area contributed by atoms with Crippen LogP contribution < -0.4 is 10.6 Å². The number of amides is 1. The predicted octanol–water partition coefficient (Wildman–Crippen LogP) is 6.30. The average Bonchev–Trinajstić information content (AvgIpc) is 2.88. The van der Waals surface area contributed by atoms with E-state index in [9.17, 15) is 4.79 Å². The molecular weight excluding hydrogens is 444 g/mol. The number of nitrogens with one attached hydrogen (secondary N) is 2. The number of fused-ring (bicyclic) bond motifs is 2. The molecule has 1 heterocycles. The highest BCUT2D eigenvalue weighted by molar-refractivity contribution is 5.96. The Morgan fingerprint density at radius 1 is 0.861 bits per heavy atom. The molecule has 0 saturated carbocycles. The molecule has 5 nitrogen and oxygen atoms in total. The molecule has 0 saturated heterocycles. The Morgan fingerprint density at radius 3 is 2.56 bits per heavy atom. The van der Waals surface area contributed by atoms with Crippen LogP contribution in [0.3, 0.4) is 0 Å². The topological polar surface area (TPSA) is 57.3 Å². The van der Waals surface area contributed by atoms with Crippen LogP contribution in [0.4, 0.5) is 11.4 Å². The molecule has 5 aromatic rings. The lowest BCUT2D eigenvalue weighted by Gasteiger charge is -2.17. The highest BCUT2D eigenvalue weighted by Gasteiger charge is 2.09. The summed E-state index contributed by atoms with van der Waals surface area (Å²) in [5.74, 6) is -0.0754. The number of likely N-dealkylation sites (N-methyl/N-ethyl adjacent to an activating group) is 1. The summed E-state index contributed by atoms with van der Waals surface area (Å²) < 4.78 is 0. The molecule has 36 heavy (non-hydrogen) atoms. The van der Waals surface area contributed by atoms with E-state index in [0.29, 0.717) is 12.1 Å². The first-order valence-corrected chi connectivity index (χ1v) is 12.2. The molecule has 0 radical (unpaired) electrons. The van der Waals surface area contributed by atoms with E-state index in [-0.39, 0.29) is 5.91 Å². The molecule has 180 valence electrons. The van der Waals surface area contributed by atoms with Gasteiger partial charge in [-0.1, -0.05) is 60.7 Å². The zero-order valence-electron chi connectivity index (χ0n) is 20.7. The Morgan fingerprint density at radius 2 is 1.67 bits per heavy atom. The SMILES string of the molecule is Cc1cc(Nc2cccc(C(=O)NCCN(C)Cc3ccc4ccccc4c3)c2)c2ccccc2n1. The third kappa shape index (κ3) is 5.53. The van der Waals surface area contributed by atoms with E-state index in [1.165, 1.54) is 16.3 Å². The standard InChI is InChI=1S/C31H30N4O/c1-22-18-30(28-12-5-6-13-29(28)33-22)34-27-11-7-10-26(20-27)31(36)32-16-17-35(2)21-23-14-15-24-8-3-4-9-25(24)19-23/h3-15,18-20H,16-17,21H2,1-2H3,(H,32,36)(H,33,34). The highest BCUT2D eigenvalue weighted by atomic mass is 16.1. The maximum Gasteiger partial charge on any atom is 0.251 e. The van der Waals surface area contributed by atoms with E-state index in [1.54, 1.807) is 0 Å². The summed E-state index contributed by atoms with van der Waals surface area (Å²) in [6, 6.07) is 32.6. The molecule has 0 fully saturated rings. The third-order valence-corrected chi connectivity index (χ3v) is 6.29. The largest absolute Gasteiger partial charge is 0.355 e. The van der Waals surface area contributed by atoms with Crippen molar-refractivity contribution in [1.82, 2.24) is 15.2 Å². The van der Waals surface area contributed by atoms with Gasteiger partial charge in [0.2, 0.25) is 0 Å². The highest BCUT2D eigenvalue weighted by Crippen LogP contribution is 2.26. The maximum absolute atomic E-state index is 12.8.